The Kier molecular flexibility index (Phi) is 4.13. The molecule has 1 aromatic carbocycles. The molecule has 0 fully saturated rings. The van der Waals surface area contributed by atoms with Crippen LogP contribution in [0.1, 0.15) is 17.4 Å². The molecule has 0 aliphatic heterocycles. The summed E-state index contributed by atoms with van der Waals surface area (Å²) in [5.41, 5.74) is -0.200. The average Bonchev–Trinajstić information content (AvgIpc) is 2.86. The van der Waals surface area contributed by atoms with Crippen LogP contribution in [0.15, 0.2) is 29.6 Å². The molecule has 0 aliphatic rings. The molecule has 2 aromatic rings. The van der Waals surface area contributed by atoms with Crippen LogP contribution in [0.3, 0.4) is 0 Å². The molecule has 2 nitrogen and oxygen atoms in total. The highest BCUT2D eigenvalue weighted by molar-refractivity contribution is 7.09. The lowest BCUT2D eigenvalue weighted by Gasteiger charge is -2.15. The first-order valence-electron chi connectivity index (χ1n) is 5.78. The number of rotatable bonds is 4. The third-order valence-corrected chi connectivity index (χ3v) is 3.55. The topological polar surface area (TPSA) is 35.8 Å². The molecule has 0 radical (unpaired) electrons. The van der Waals surface area contributed by atoms with E-state index in [-0.39, 0.29) is 17.3 Å². The van der Waals surface area contributed by atoms with Crippen LogP contribution in [0.2, 0.25) is 0 Å². The van der Waals surface area contributed by atoms with Crippen molar-refractivity contribution in [1.29, 1.82) is 5.26 Å². The fourth-order valence-electron chi connectivity index (χ4n) is 1.80. The van der Waals surface area contributed by atoms with Gasteiger partial charge < -0.3 is 5.32 Å². The zero-order valence-electron chi connectivity index (χ0n) is 10.3. The largest absolute Gasteiger partial charge is 0.377 e. The minimum absolute atomic E-state index is 0.0218. The summed E-state index contributed by atoms with van der Waals surface area (Å²) in [6.07, 6.45) is 0.691. The molecule has 0 saturated heterocycles. The summed E-state index contributed by atoms with van der Waals surface area (Å²) in [5.74, 6) is -1.48. The highest BCUT2D eigenvalue weighted by Gasteiger charge is 2.14. The zero-order valence-corrected chi connectivity index (χ0v) is 11.1. The maximum Gasteiger partial charge on any atom is 0.150 e. The monoisotopic (exact) mass is 278 g/mol. The van der Waals surface area contributed by atoms with Crippen molar-refractivity contribution >= 4 is 17.0 Å². The molecule has 0 aliphatic carbocycles. The quantitative estimate of drug-likeness (QED) is 0.919. The van der Waals surface area contributed by atoms with Crippen molar-refractivity contribution in [3.63, 3.8) is 0 Å². The summed E-state index contributed by atoms with van der Waals surface area (Å²) in [5, 5.41) is 13.4. The second-order valence-electron chi connectivity index (χ2n) is 4.26. The maximum absolute atomic E-state index is 13.7. The standard InChI is InChI=1S/C14H12F2N2S/c1-9(5-11-3-2-4-19-11)18-14-12(15)6-10(8-17)7-13(14)16/h2-4,6-7,9,18H,5H2,1H3. The molecule has 19 heavy (non-hydrogen) atoms. The van der Waals surface area contributed by atoms with Gasteiger partial charge in [0.15, 0.2) is 11.6 Å². The number of nitrogens with one attached hydrogen (secondary N) is 1. The van der Waals surface area contributed by atoms with Gasteiger partial charge in [0.1, 0.15) is 5.69 Å². The second-order valence-corrected chi connectivity index (χ2v) is 5.29. The highest BCUT2D eigenvalue weighted by atomic mass is 32.1. The molecule has 5 heteroatoms. The summed E-state index contributed by atoms with van der Waals surface area (Å²) in [7, 11) is 0. The predicted molar refractivity (Wildman–Crippen MR) is 72.2 cm³/mol. The Balaban J connectivity index is 2.13. The van der Waals surface area contributed by atoms with Crippen LogP contribution in [0, 0.1) is 23.0 Å². The van der Waals surface area contributed by atoms with Crippen molar-refractivity contribution < 1.29 is 8.78 Å². The Morgan fingerprint density at radius 2 is 2.05 bits per heavy atom. The van der Waals surface area contributed by atoms with Crippen LogP contribution in [-0.4, -0.2) is 6.04 Å². The van der Waals surface area contributed by atoms with E-state index < -0.39 is 11.6 Å². The molecule has 1 unspecified atom stereocenters. The first-order valence-corrected chi connectivity index (χ1v) is 6.66. The predicted octanol–water partition coefficient (Wildman–Crippen LogP) is 3.94. The fourth-order valence-corrected chi connectivity index (χ4v) is 2.64. The van der Waals surface area contributed by atoms with Crippen LogP contribution >= 0.6 is 11.3 Å². The van der Waals surface area contributed by atoms with Gasteiger partial charge in [0, 0.05) is 17.3 Å². The SMILES string of the molecule is CC(Cc1cccs1)Nc1c(F)cc(C#N)cc1F. The molecular weight excluding hydrogens is 266 g/mol. The third kappa shape index (κ3) is 3.30. The number of hydrogen-bond donors (Lipinski definition) is 1. The molecule has 2 rings (SSSR count). The van der Waals surface area contributed by atoms with E-state index in [2.05, 4.69) is 5.32 Å². The van der Waals surface area contributed by atoms with Gasteiger partial charge in [-0.2, -0.15) is 5.26 Å². The Morgan fingerprint density at radius 1 is 1.37 bits per heavy atom. The number of nitrogens with zero attached hydrogens (tertiary/aromatic N) is 1. The number of halogens is 2. The van der Waals surface area contributed by atoms with Gasteiger partial charge in [-0.05, 0) is 30.5 Å². The van der Waals surface area contributed by atoms with Crippen molar-refractivity contribution in [2.75, 3.05) is 5.32 Å². The van der Waals surface area contributed by atoms with Gasteiger partial charge in [-0.1, -0.05) is 6.07 Å². The molecular formula is C14H12F2N2S. The molecule has 1 aromatic heterocycles. The smallest absolute Gasteiger partial charge is 0.150 e. The summed E-state index contributed by atoms with van der Waals surface area (Å²) < 4.78 is 27.4. The van der Waals surface area contributed by atoms with E-state index in [0.29, 0.717) is 6.42 Å². The van der Waals surface area contributed by atoms with Gasteiger partial charge in [-0.3, -0.25) is 0 Å². The molecule has 0 spiro atoms. The van der Waals surface area contributed by atoms with Gasteiger partial charge in [-0.25, -0.2) is 8.78 Å². The van der Waals surface area contributed by atoms with E-state index in [1.165, 1.54) is 0 Å². The van der Waals surface area contributed by atoms with Crippen molar-refractivity contribution in [1.82, 2.24) is 0 Å². The Labute approximate surface area is 114 Å². The van der Waals surface area contributed by atoms with E-state index >= 15 is 0 Å². The summed E-state index contributed by atoms with van der Waals surface area (Å²) in [6.45, 7) is 1.86. The van der Waals surface area contributed by atoms with Gasteiger partial charge >= 0.3 is 0 Å². The van der Waals surface area contributed by atoms with Crippen LogP contribution < -0.4 is 5.32 Å². The molecule has 1 atom stereocenters. The van der Waals surface area contributed by atoms with E-state index in [1.807, 2.05) is 24.4 Å². The van der Waals surface area contributed by atoms with Gasteiger partial charge in [0.2, 0.25) is 0 Å². The van der Waals surface area contributed by atoms with Gasteiger partial charge in [0.25, 0.3) is 0 Å². The van der Waals surface area contributed by atoms with Crippen LogP contribution in [0.5, 0.6) is 0 Å². The Morgan fingerprint density at radius 3 is 2.58 bits per heavy atom. The number of benzene rings is 1. The van der Waals surface area contributed by atoms with Crippen LogP contribution in [0.25, 0.3) is 0 Å². The fraction of sp³-hybridized carbons (Fsp3) is 0.214. The minimum Gasteiger partial charge on any atom is -0.377 e. The molecule has 0 amide bonds. The average molecular weight is 278 g/mol. The van der Waals surface area contributed by atoms with E-state index in [4.69, 9.17) is 5.26 Å². The van der Waals surface area contributed by atoms with E-state index in [0.717, 1.165) is 17.0 Å². The van der Waals surface area contributed by atoms with E-state index in [9.17, 15) is 8.78 Å². The molecule has 98 valence electrons. The van der Waals surface area contributed by atoms with Gasteiger partial charge in [0.05, 0.1) is 11.6 Å². The van der Waals surface area contributed by atoms with Crippen molar-refractivity contribution in [3.05, 3.63) is 51.7 Å². The van der Waals surface area contributed by atoms with E-state index in [1.54, 1.807) is 17.4 Å². The van der Waals surface area contributed by atoms with Crippen LogP contribution in [-0.2, 0) is 6.42 Å². The van der Waals surface area contributed by atoms with Crippen molar-refractivity contribution in [2.24, 2.45) is 0 Å². The zero-order chi connectivity index (χ0) is 13.8. The van der Waals surface area contributed by atoms with Crippen LogP contribution in [0.4, 0.5) is 14.5 Å². The number of thiophene rings is 1. The highest BCUT2D eigenvalue weighted by Crippen LogP contribution is 2.22. The lowest BCUT2D eigenvalue weighted by atomic mass is 10.1. The second kappa shape index (κ2) is 5.81. The summed E-state index contributed by atoms with van der Waals surface area (Å²) >= 11 is 1.61. The minimum atomic E-state index is -0.741. The lowest BCUT2D eigenvalue weighted by Crippen LogP contribution is -2.19. The first-order chi connectivity index (χ1) is 9.10. The lowest BCUT2D eigenvalue weighted by molar-refractivity contribution is 0.582. The molecule has 0 saturated carbocycles. The normalized spacial score (nSPS) is 11.9. The molecule has 1 N–H and O–H groups in total. The maximum atomic E-state index is 13.7. The molecule has 0 bridgehead atoms. The Hall–Kier alpha value is -1.93. The number of hydrogen-bond acceptors (Lipinski definition) is 3. The molecule has 1 heterocycles. The first kappa shape index (κ1) is 13.5. The Bertz CT molecular complexity index is 579. The van der Waals surface area contributed by atoms with Gasteiger partial charge in [-0.15, -0.1) is 11.3 Å². The number of nitriles is 1. The third-order valence-electron chi connectivity index (χ3n) is 2.65. The van der Waals surface area contributed by atoms with Crippen molar-refractivity contribution in [3.8, 4) is 6.07 Å². The summed E-state index contributed by atoms with van der Waals surface area (Å²) in [4.78, 5) is 1.15. The van der Waals surface area contributed by atoms with Crippen molar-refractivity contribution in [2.45, 2.75) is 19.4 Å². The summed E-state index contributed by atoms with van der Waals surface area (Å²) in [6, 6.07) is 7.60. The number of anilines is 1.